The van der Waals surface area contributed by atoms with Crippen LogP contribution in [0.2, 0.25) is 0 Å². The summed E-state index contributed by atoms with van der Waals surface area (Å²) in [5, 5.41) is 11.1. The van der Waals surface area contributed by atoms with Crippen molar-refractivity contribution in [3.05, 3.63) is 39.4 Å². The molecule has 0 N–H and O–H groups in total. The SMILES string of the molecule is CCOC(=O)N1CCN(C(=O)CN2C(=O)c3cccc([N+](=O)[O-])c3C2=O)CC1. The van der Waals surface area contributed by atoms with Crippen LogP contribution in [0.5, 0.6) is 0 Å². The average molecular weight is 390 g/mol. The topological polar surface area (TPSA) is 130 Å². The van der Waals surface area contributed by atoms with E-state index in [0.29, 0.717) is 0 Å². The summed E-state index contributed by atoms with van der Waals surface area (Å²) in [6.45, 7) is 2.47. The molecule has 1 aromatic rings. The van der Waals surface area contributed by atoms with Crippen LogP contribution >= 0.6 is 0 Å². The second-order valence-corrected chi connectivity index (χ2v) is 6.22. The zero-order valence-corrected chi connectivity index (χ0v) is 15.1. The molecular formula is C17H18N4O7. The molecule has 0 unspecified atom stereocenters. The number of amides is 4. The number of nitro benzene ring substituents is 1. The minimum absolute atomic E-state index is 0.0841. The summed E-state index contributed by atoms with van der Waals surface area (Å²) < 4.78 is 4.91. The number of nitrogens with zero attached hydrogens (tertiary/aromatic N) is 4. The average Bonchev–Trinajstić information content (AvgIpc) is 2.93. The standard InChI is InChI=1S/C17H18N4O7/c1-2-28-17(25)19-8-6-18(7-9-19)13(22)10-20-15(23)11-4-3-5-12(21(26)27)14(11)16(20)24/h3-5H,2,6-10H2,1H3. The van der Waals surface area contributed by atoms with E-state index < -0.39 is 41.0 Å². The van der Waals surface area contributed by atoms with E-state index in [2.05, 4.69) is 0 Å². The van der Waals surface area contributed by atoms with Crippen molar-refractivity contribution in [3.8, 4) is 0 Å². The van der Waals surface area contributed by atoms with Gasteiger partial charge in [0.1, 0.15) is 12.1 Å². The van der Waals surface area contributed by atoms with Crippen LogP contribution in [0, 0.1) is 10.1 Å². The maximum Gasteiger partial charge on any atom is 0.409 e. The van der Waals surface area contributed by atoms with Gasteiger partial charge < -0.3 is 14.5 Å². The first-order valence-electron chi connectivity index (χ1n) is 8.68. The maximum atomic E-state index is 12.5. The highest BCUT2D eigenvalue weighted by atomic mass is 16.6. The van der Waals surface area contributed by atoms with Gasteiger partial charge in [-0.25, -0.2) is 4.79 Å². The van der Waals surface area contributed by atoms with Crippen LogP contribution in [-0.4, -0.2) is 82.8 Å². The van der Waals surface area contributed by atoms with E-state index in [1.807, 2.05) is 0 Å². The minimum atomic E-state index is -0.856. The number of piperazine rings is 1. The molecule has 2 aliphatic rings. The predicted octanol–water partition coefficient (Wildman–Crippen LogP) is 0.491. The third-order valence-corrected chi connectivity index (χ3v) is 4.63. The molecule has 3 rings (SSSR count). The predicted molar refractivity (Wildman–Crippen MR) is 93.6 cm³/mol. The van der Waals surface area contributed by atoms with Crippen molar-refractivity contribution in [2.45, 2.75) is 6.92 Å². The molecule has 1 aromatic carbocycles. The molecule has 0 radical (unpaired) electrons. The highest BCUT2D eigenvalue weighted by molar-refractivity contribution is 6.24. The molecule has 0 spiro atoms. The molecule has 0 atom stereocenters. The van der Waals surface area contributed by atoms with E-state index in [9.17, 15) is 29.3 Å². The number of benzene rings is 1. The van der Waals surface area contributed by atoms with Crippen molar-refractivity contribution in [2.75, 3.05) is 39.3 Å². The number of nitro groups is 1. The Morgan fingerprint density at radius 2 is 1.75 bits per heavy atom. The zero-order valence-electron chi connectivity index (χ0n) is 15.1. The number of carbonyl (C=O) groups is 4. The zero-order chi connectivity index (χ0) is 20.4. The van der Waals surface area contributed by atoms with E-state index in [-0.39, 0.29) is 43.9 Å². The van der Waals surface area contributed by atoms with Crippen LogP contribution in [0.1, 0.15) is 27.6 Å². The summed E-state index contributed by atoms with van der Waals surface area (Å²) in [6, 6.07) is 3.79. The second kappa shape index (κ2) is 7.62. The Labute approximate surface area is 159 Å². The third-order valence-electron chi connectivity index (χ3n) is 4.63. The van der Waals surface area contributed by atoms with Crippen LogP contribution in [0.3, 0.4) is 0 Å². The van der Waals surface area contributed by atoms with Crippen LogP contribution in [-0.2, 0) is 9.53 Å². The number of carbonyl (C=O) groups excluding carboxylic acids is 4. The maximum absolute atomic E-state index is 12.5. The van der Waals surface area contributed by atoms with Gasteiger partial charge in [0.25, 0.3) is 17.5 Å². The van der Waals surface area contributed by atoms with Crippen molar-refractivity contribution < 1.29 is 28.8 Å². The van der Waals surface area contributed by atoms with E-state index in [4.69, 9.17) is 4.74 Å². The van der Waals surface area contributed by atoms with Crippen molar-refractivity contribution in [1.29, 1.82) is 0 Å². The number of ether oxygens (including phenoxy) is 1. The summed E-state index contributed by atoms with van der Waals surface area (Å²) in [5.41, 5.74) is -0.842. The number of rotatable bonds is 4. The van der Waals surface area contributed by atoms with Gasteiger partial charge in [0.05, 0.1) is 17.1 Å². The summed E-state index contributed by atoms with van der Waals surface area (Å²) >= 11 is 0. The van der Waals surface area contributed by atoms with Gasteiger partial charge in [0.2, 0.25) is 5.91 Å². The van der Waals surface area contributed by atoms with Gasteiger partial charge in [-0.1, -0.05) is 6.07 Å². The number of fused-ring (bicyclic) bond motifs is 1. The molecule has 1 fully saturated rings. The molecule has 4 amide bonds. The highest BCUT2D eigenvalue weighted by Crippen LogP contribution is 2.30. The number of hydrogen-bond acceptors (Lipinski definition) is 7. The number of imide groups is 1. The van der Waals surface area contributed by atoms with Crippen LogP contribution < -0.4 is 0 Å². The first-order valence-corrected chi connectivity index (χ1v) is 8.68. The van der Waals surface area contributed by atoms with E-state index in [1.165, 1.54) is 21.9 Å². The summed E-state index contributed by atoms with van der Waals surface area (Å²) in [4.78, 5) is 63.2. The van der Waals surface area contributed by atoms with Crippen molar-refractivity contribution >= 4 is 29.5 Å². The fourth-order valence-electron chi connectivity index (χ4n) is 3.20. The van der Waals surface area contributed by atoms with Gasteiger partial charge in [-0.2, -0.15) is 0 Å². The van der Waals surface area contributed by atoms with Gasteiger partial charge in [-0.15, -0.1) is 0 Å². The Balaban J connectivity index is 1.67. The fourth-order valence-corrected chi connectivity index (χ4v) is 3.20. The monoisotopic (exact) mass is 390 g/mol. The Hall–Kier alpha value is -3.50. The van der Waals surface area contributed by atoms with Gasteiger partial charge in [-0.3, -0.25) is 29.4 Å². The summed E-state index contributed by atoms with van der Waals surface area (Å²) in [5.74, 6) is -2.06. The lowest BCUT2D eigenvalue weighted by Gasteiger charge is -2.34. The molecule has 28 heavy (non-hydrogen) atoms. The molecular weight excluding hydrogens is 372 g/mol. The van der Waals surface area contributed by atoms with Gasteiger partial charge in [-0.05, 0) is 13.0 Å². The Bertz CT molecular complexity index is 861. The molecule has 2 aliphatic heterocycles. The lowest BCUT2D eigenvalue weighted by Crippen LogP contribution is -2.53. The molecule has 0 aliphatic carbocycles. The van der Waals surface area contributed by atoms with Crippen LogP contribution in [0.4, 0.5) is 10.5 Å². The summed E-state index contributed by atoms with van der Waals surface area (Å²) in [6.07, 6.45) is -0.456. The van der Waals surface area contributed by atoms with Gasteiger partial charge in [0, 0.05) is 32.2 Å². The molecule has 2 heterocycles. The first-order chi connectivity index (χ1) is 13.3. The summed E-state index contributed by atoms with van der Waals surface area (Å²) in [7, 11) is 0. The van der Waals surface area contributed by atoms with E-state index in [1.54, 1.807) is 6.92 Å². The second-order valence-electron chi connectivity index (χ2n) is 6.22. The normalized spacial score (nSPS) is 16.2. The lowest BCUT2D eigenvalue weighted by atomic mass is 10.1. The van der Waals surface area contributed by atoms with Crippen molar-refractivity contribution in [2.24, 2.45) is 0 Å². The molecule has 11 heteroatoms. The van der Waals surface area contributed by atoms with Crippen molar-refractivity contribution in [1.82, 2.24) is 14.7 Å². The molecule has 1 saturated heterocycles. The van der Waals surface area contributed by atoms with Crippen LogP contribution in [0.15, 0.2) is 18.2 Å². The molecule has 148 valence electrons. The number of hydrogen-bond donors (Lipinski definition) is 0. The fraction of sp³-hybridized carbons (Fsp3) is 0.412. The lowest BCUT2D eigenvalue weighted by molar-refractivity contribution is -0.385. The molecule has 0 saturated carbocycles. The quantitative estimate of drug-likeness (QED) is 0.415. The van der Waals surface area contributed by atoms with Crippen LogP contribution in [0.25, 0.3) is 0 Å². The van der Waals surface area contributed by atoms with Gasteiger partial charge >= 0.3 is 6.09 Å². The van der Waals surface area contributed by atoms with E-state index in [0.717, 1.165) is 11.0 Å². The Kier molecular flexibility index (Phi) is 5.25. The molecule has 0 bridgehead atoms. The molecule has 0 aromatic heterocycles. The largest absolute Gasteiger partial charge is 0.450 e. The Morgan fingerprint density at radius 3 is 2.36 bits per heavy atom. The van der Waals surface area contributed by atoms with Crippen molar-refractivity contribution in [3.63, 3.8) is 0 Å². The third kappa shape index (κ3) is 3.38. The smallest absolute Gasteiger partial charge is 0.409 e. The highest BCUT2D eigenvalue weighted by Gasteiger charge is 2.42. The van der Waals surface area contributed by atoms with Gasteiger partial charge in [0.15, 0.2) is 0 Å². The van der Waals surface area contributed by atoms with E-state index >= 15 is 0 Å². The molecule has 11 nitrogen and oxygen atoms in total. The minimum Gasteiger partial charge on any atom is -0.450 e. The first kappa shape index (κ1) is 19.3. The Morgan fingerprint density at radius 1 is 1.11 bits per heavy atom.